The monoisotopic (exact) mass is 274 g/mol. The van der Waals surface area contributed by atoms with Crippen LogP contribution in [-0.2, 0) is 10.1 Å². The van der Waals surface area contributed by atoms with E-state index in [0.29, 0.717) is 5.69 Å². The van der Waals surface area contributed by atoms with Crippen molar-refractivity contribution in [1.82, 2.24) is 9.78 Å². The Balaban J connectivity index is 2.61. The van der Waals surface area contributed by atoms with Crippen LogP contribution in [0.3, 0.4) is 0 Å². The molecule has 1 aromatic heterocycles. The fraction of sp³-hybridized carbons (Fsp3) is 0. The number of benzene rings is 1. The summed E-state index contributed by atoms with van der Waals surface area (Å²) in [5, 5.41) is 3.74. The third-order valence-electron chi connectivity index (χ3n) is 1.75. The fourth-order valence-corrected chi connectivity index (χ4v) is 2.99. The summed E-state index contributed by atoms with van der Waals surface area (Å²) < 4.78 is 31.7. The second-order valence-corrected chi connectivity index (χ2v) is 6.07. The molecule has 0 amide bonds. The molecule has 0 aliphatic rings. The average molecular weight is 274 g/mol. The largest absolute Gasteiger partial charge is 0.323 e. The SMILES string of the molecule is O=S(=O)(O)c1nn(-c2ccccc2)c(=S)s1. The van der Waals surface area contributed by atoms with Gasteiger partial charge < -0.3 is 0 Å². The van der Waals surface area contributed by atoms with Crippen molar-refractivity contribution in [2.75, 3.05) is 0 Å². The minimum Gasteiger partial charge on any atom is -0.280 e. The second kappa shape index (κ2) is 4.06. The van der Waals surface area contributed by atoms with E-state index in [2.05, 4.69) is 5.10 Å². The van der Waals surface area contributed by atoms with Gasteiger partial charge in [0.15, 0.2) is 3.95 Å². The number of rotatable bonds is 2. The summed E-state index contributed by atoms with van der Waals surface area (Å²) in [6, 6.07) is 8.86. The maximum Gasteiger partial charge on any atom is 0.323 e. The number of hydrogen-bond acceptors (Lipinski definition) is 5. The van der Waals surface area contributed by atoms with Crippen molar-refractivity contribution in [3.05, 3.63) is 34.3 Å². The molecule has 16 heavy (non-hydrogen) atoms. The molecule has 0 spiro atoms. The van der Waals surface area contributed by atoms with Gasteiger partial charge in [0.1, 0.15) is 0 Å². The molecule has 0 atom stereocenters. The highest BCUT2D eigenvalue weighted by atomic mass is 32.3. The lowest BCUT2D eigenvalue weighted by Crippen LogP contribution is -2.01. The molecular weight excluding hydrogens is 268 g/mol. The molecule has 0 aliphatic carbocycles. The zero-order valence-electron chi connectivity index (χ0n) is 7.77. The van der Waals surface area contributed by atoms with Gasteiger partial charge >= 0.3 is 10.1 Å². The second-order valence-electron chi connectivity index (χ2n) is 2.86. The van der Waals surface area contributed by atoms with E-state index in [1.807, 2.05) is 6.07 Å². The third kappa shape index (κ3) is 2.19. The van der Waals surface area contributed by atoms with Crippen molar-refractivity contribution in [1.29, 1.82) is 0 Å². The lowest BCUT2D eigenvalue weighted by atomic mass is 10.3. The van der Waals surface area contributed by atoms with Crippen LogP contribution in [0, 0.1) is 3.95 Å². The summed E-state index contributed by atoms with van der Waals surface area (Å²) in [7, 11) is -4.29. The normalized spacial score (nSPS) is 11.6. The first-order valence-corrected chi connectivity index (χ1v) is 6.78. The van der Waals surface area contributed by atoms with Crippen LogP contribution in [0.1, 0.15) is 0 Å². The van der Waals surface area contributed by atoms with Gasteiger partial charge in [-0.05, 0) is 24.4 Å². The number of hydrogen-bond donors (Lipinski definition) is 1. The van der Waals surface area contributed by atoms with Gasteiger partial charge in [-0.25, -0.2) is 4.68 Å². The molecule has 0 bridgehead atoms. The molecule has 0 aliphatic heterocycles. The van der Waals surface area contributed by atoms with E-state index in [-0.39, 0.29) is 3.95 Å². The first-order chi connectivity index (χ1) is 7.48. The Morgan fingerprint density at radius 2 is 1.94 bits per heavy atom. The Morgan fingerprint density at radius 1 is 1.31 bits per heavy atom. The summed E-state index contributed by atoms with van der Waals surface area (Å²) in [5.41, 5.74) is 0.652. The topological polar surface area (TPSA) is 72.2 Å². The van der Waals surface area contributed by atoms with E-state index in [1.54, 1.807) is 24.3 Å². The molecule has 2 aromatic rings. The van der Waals surface area contributed by atoms with Crippen LogP contribution in [0.4, 0.5) is 0 Å². The number of aromatic nitrogens is 2. The zero-order valence-corrected chi connectivity index (χ0v) is 10.2. The van der Waals surface area contributed by atoms with E-state index < -0.39 is 14.5 Å². The lowest BCUT2D eigenvalue weighted by molar-refractivity contribution is 0.480. The Labute approximate surface area is 101 Å². The molecule has 1 heterocycles. The quantitative estimate of drug-likeness (QED) is 0.669. The van der Waals surface area contributed by atoms with Crippen molar-refractivity contribution >= 4 is 33.7 Å². The van der Waals surface area contributed by atoms with Crippen LogP contribution < -0.4 is 0 Å². The standard InChI is InChI=1S/C8H6N2O3S3/c11-16(12,13)7-9-10(8(14)15-7)6-4-2-1-3-5-6/h1-5H,(H,11,12,13). The van der Waals surface area contributed by atoms with Crippen molar-refractivity contribution in [3.8, 4) is 5.69 Å². The Hall–Kier alpha value is -1.09. The van der Waals surface area contributed by atoms with Gasteiger partial charge in [-0.3, -0.25) is 4.55 Å². The summed E-state index contributed by atoms with van der Waals surface area (Å²) in [6.07, 6.45) is 0. The molecule has 5 nitrogen and oxygen atoms in total. The van der Waals surface area contributed by atoms with E-state index in [1.165, 1.54) is 4.68 Å². The van der Waals surface area contributed by atoms with Crippen LogP contribution >= 0.6 is 23.6 Å². The average Bonchev–Trinajstić information content (AvgIpc) is 2.61. The number of para-hydroxylation sites is 1. The van der Waals surface area contributed by atoms with Gasteiger partial charge in [0, 0.05) is 0 Å². The van der Waals surface area contributed by atoms with Crippen LogP contribution in [0.15, 0.2) is 34.7 Å². The maximum atomic E-state index is 10.9. The number of nitrogens with zero attached hydrogens (tertiary/aromatic N) is 2. The van der Waals surface area contributed by atoms with Crippen molar-refractivity contribution < 1.29 is 13.0 Å². The van der Waals surface area contributed by atoms with Gasteiger partial charge in [-0.15, -0.1) is 5.10 Å². The van der Waals surface area contributed by atoms with Gasteiger partial charge in [0.05, 0.1) is 5.69 Å². The van der Waals surface area contributed by atoms with Crippen LogP contribution in [-0.4, -0.2) is 22.8 Å². The molecule has 8 heteroatoms. The minimum atomic E-state index is -4.29. The van der Waals surface area contributed by atoms with E-state index >= 15 is 0 Å². The molecular formula is C8H6N2O3S3. The van der Waals surface area contributed by atoms with Crippen molar-refractivity contribution in [2.45, 2.75) is 4.34 Å². The van der Waals surface area contributed by atoms with E-state index in [0.717, 1.165) is 11.3 Å². The molecule has 2 rings (SSSR count). The molecule has 0 radical (unpaired) electrons. The van der Waals surface area contributed by atoms with E-state index in [9.17, 15) is 8.42 Å². The lowest BCUT2D eigenvalue weighted by Gasteiger charge is -1.98. The predicted octanol–water partition coefficient (Wildman–Crippen LogP) is 1.91. The van der Waals surface area contributed by atoms with Gasteiger partial charge in [-0.2, -0.15) is 8.42 Å². The fourth-order valence-electron chi connectivity index (χ4n) is 1.10. The smallest absolute Gasteiger partial charge is 0.280 e. The highest BCUT2D eigenvalue weighted by molar-refractivity contribution is 7.88. The summed E-state index contributed by atoms with van der Waals surface area (Å²) >= 11 is 5.71. The van der Waals surface area contributed by atoms with Gasteiger partial charge in [-0.1, -0.05) is 29.5 Å². The van der Waals surface area contributed by atoms with Gasteiger partial charge in [0.25, 0.3) is 4.34 Å². The molecule has 1 N–H and O–H groups in total. The molecule has 84 valence electrons. The first kappa shape index (κ1) is 11.4. The van der Waals surface area contributed by atoms with Gasteiger partial charge in [0.2, 0.25) is 0 Å². The predicted molar refractivity (Wildman–Crippen MR) is 62.1 cm³/mol. The van der Waals surface area contributed by atoms with Crippen LogP contribution in [0.2, 0.25) is 0 Å². The molecule has 0 saturated carbocycles. The Bertz CT molecular complexity index is 657. The maximum absolute atomic E-state index is 10.9. The highest BCUT2D eigenvalue weighted by Gasteiger charge is 2.16. The Kier molecular flexibility index (Phi) is 2.89. The third-order valence-corrected chi connectivity index (χ3v) is 4.18. The van der Waals surface area contributed by atoms with Crippen molar-refractivity contribution in [3.63, 3.8) is 0 Å². The summed E-state index contributed by atoms with van der Waals surface area (Å²) in [4.78, 5) is 0. The van der Waals surface area contributed by atoms with Crippen LogP contribution in [0.5, 0.6) is 0 Å². The van der Waals surface area contributed by atoms with E-state index in [4.69, 9.17) is 16.8 Å². The minimum absolute atomic E-state index is 0.263. The van der Waals surface area contributed by atoms with Crippen molar-refractivity contribution in [2.24, 2.45) is 0 Å². The molecule has 1 aromatic carbocycles. The molecule has 0 saturated heterocycles. The molecule has 0 fully saturated rings. The molecule has 0 unspecified atom stereocenters. The summed E-state index contributed by atoms with van der Waals surface area (Å²) in [6.45, 7) is 0. The first-order valence-electron chi connectivity index (χ1n) is 4.11. The zero-order chi connectivity index (χ0) is 11.8. The highest BCUT2D eigenvalue weighted by Crippen LogP contribution is 2.17. The summed E-state index contributed by atoms with van der Waals surface area (Å²) in [5.74, 6) is 0. The Morgan fingerprint density at radius 3 is 2.44 bits per heavy atom. The van der Waals surface area contributed by atoms with Crippen LogP contribution in [0.25, 0.3) is 5.69 Å².